The maximum Gasteiger partial charge on any atom is 0.326 e. The molecule has 7 nitrogen and oxygen atoms in total. The molecule has 0 bridgehead atoms. The van der Waals surface area contributed by atoms with E-state index in [1.807, 2.05) is 42.5 Å². The van der Waals surface area contributed by atoms with E-state index in [9.17, 15) is 14.0 Å². The summed E-state index contributed by atoms with van der Waals surface area (Å²) in [6.45, 7) is 0.357. The number of para-hydroxylation sites is 2. The fraction of sp³-hybridized carbons (Fsp3) is 0.133. The molecule has 8 heteroatoms. The Kier molecular flexibility index (Phi) is 8.91. The summed E-state index contributed by atoms with van der Waals surface area (Å²) in [6, 6.07) is 28.9. The number of anilines is 2. The molecule has 4 aromatic carbocycles. The van der Waals surface area contributed by atoms with Crippen molar-refractivity contribution in [2.45, 2.75) is 6.42 Å². The molecule has 0 aliphatic carbocycles. The van der Waals surface area contributed by atoms with Gasteiger partial charge < -0.3 is 20.1 Å². The van der Waals surface area contributed by atoms with Crippen molar-refractivity contribution in [3.8, 4) is 17.2 Å². The van der Waals surface area contributed by atoms with Gasteiger partial charge in [0.05, 0.1) is 19.2 Å². The number of nitrogens with zero attached hydrogens (tertiary/aromatic N) is 1. The fourth-order valence-corrected chi connectivity index (χ4v) is 3.71. The Labute approximate surface area is 220 Å². The zero-order valence-corrected chi connectivity index (χ0v) is 20.9. The molecular formula is C30H28FN3O4. The number of hydrogen-bond acceptors (Lipinski definition) is 4. The van der Waals surface area contributed by atoms with Crippen LogP contribution < -0.4 is 25.0 Å². The van der Waals surface area contributed by atoms with Crippen molar-refractivity contribution in [2.24, 2.45) is 0 Å². The lowest BCUT2D eigenvalue weighted by Gasteiger charge is -2.24. The molecule has 0 atom stereocenters. The largest absolute Gasteiger partial charge is 0.497 e. The molecule has 0 unspecified atom stereocenters. The van der Waals surface area contributed by atoms with Crippen LogP contribution in [0.25, 0.3) is 0 Å². The van der Waals surface area contributed by atoms with Crippen LogP contribution in [0, 0.1) is 5.82 Å². The molecule has 0 radical (unpaired) electrons. The molecule has 0 aromatic heterocycles. The van der Waals surface area contributed by atoms with Gasteiger partial charge in [0.1, 0.15) is 23.1 Å². The van der Waals surface area contributed by atoms with Crippen LogP contribution in [0.15, 0.2) is 103 Å². The van der Waals surface area contributed by atoms with Crippen LogP contribution in [-0.4, -0.2) is 32.1 Å². The van der Waals surface area contributed by atoms with Crippen LogP contribution in [0.3, 0.4) is 0 Å². The third-order valence-electron chi connectivity index (χ3n) is 5.67. The summed E-state index contributed by atoms with van der Waals surface area (Å²) in [5, 5.41) is 5.45. The third-order valence-corrected chi connectivity index (χ3v) is 5.67. The topological polar surface area (TPSA) is 79.9 Å². The van der Waals surface area contributed by atoms with E-state index in [0.717, 1.165) is 5.56 Å². The molecule has 0 heterocycles. The van der Waals surface area contributed by atoms with Crippen molar-refractivity contribution in [1.82, 2.24) is 5.32 Å². The summed E-state index contributed by atoms with van der Waals surface area (Å²) in [5.41, 5.74) is 1.46. The smallest absolute Gasteiger partial charge is 0.326 e. The van der Waals surface area contributed by atoms with Gasteiger partial charge in [0.15, 0.2) is 0 Å². The number of carbonyl (C=O) groups is 2. The van der Waals surface area contributed by atoms with Gasteiger partial charge in [0.2, 0.25) is 5.91 Å². The molecule has 0 aliphatic rings. The Balaban J connectivity index is 1.42. The zero-order valence-electron chi connectivity index (χ0n) is 20.9. The van der Waals surface area contributed by atoms with Crippen molar-refractivity contribution in [2.75, 3.05) is 30.4 Å². The van der Waals surface area contributed by atoms with Crippen LogP contribution in [-0.2, 0) is 11.2 Å². The normalized spacial score (nSPS) is 10.4. The van der Waals surface area contributed by atoms with Gasteiger partial charge in [-0.2, -0.15) is 0 Å². The third kappa shape index (κ3) is 7.33. The first-order valence-electron chi connectivity index (χ1n) is 12.1. The van der Waals surface area contributed by atoms with Gasteiger partial charge in [-0.05, 0) is 66.2 Å². The summed E-state index contributed by atoms with van der Waals surface area (Å²) in [4.78, 5) is 27.1. The zero-order chi connectivity index (χ0) is 26.7. The first-order valence-corrected chi connectivity index (χ1v) is 12.1. The Bertz CT molecular complexity index is 1350. The van der Waals surface area contributed by atoms with Gasteiger partial charge in [-0.3, -0.25) is 9.69 Å². The highest BCUT2D eigenvalue weighted by molar-refractivity contribution is 6.01. The number of amides is 3. The van der Waals surface area contributed by atoms with Crippen molar-refractivity contribution in [1.29, 1.82) is 0 Å². The molecule has 194 valence electrons. The molecule has 0 aliphatic heterocycles. The Hall–Kier alpha value is -4.85. The maximum atomic E-state index is 14.2. The number of ether oxygens (including phenoxy) is 2. The second-order valence-corrected chi connectivity index (χ2v) is 8.35. The van der Waals surface area contributed by atoms with Crippen LogP contribution in [0.1, 0.15) is 5.56 Å². The van der Waals surface area contributed by atoms with Crippen LogP contribution in [0.5, 0.6) is 17.2 Å². The number of benzene rings is 4. The minimum Gasteiger partial charge on any atom is -0.497 e. The molecule has 4 rings (SSSR count). The summed E-state index contributed by atoms with van der Waals surface area (Å²) in [7, 11) is 1.58. The van der Waals surface area contributed by atoms with Gasteiger partial charge >= 0.3 is 6.03 Å². The van der Waals surface area contributed by atoms with Crippen molar-refractivity contribution >= 4 is 23.3 Å². The van der Waals surface area contributed by atoms with E-state index in [4.69, 9.17) is 9.47 Å². The SMILES string of the molecule is COc1ccc(CC(=O)NCCN(C(=O)Nc2ccccc2F)c2ccc(Oc3ccccc3)cc2)cc1. The van der Waals surface area contributed by atoms with E-state index in [1.165, 1.54) is 17.0 Å². The summed E-state index contributed by atoms with van der Waals surface area (Å²) in [6.07, 6.45) is 0.191. The van der Waals surface area contributed by atoms with Gasteiger partial charge in [-0.25, -0.2) is 9.18 Å². The Morgan fingerprint density at radius 2 is 1.42 bits per heavy atom. The second kappa shape index (κ2) is 12.9. The number of urea groups is 1. The molecule has 0 fully saturated rings. The molecule has 0 saturated carbocycles. The first-order chi connectivity index (χ1) is 18.5. The van der Waals surface area contributed by atoms with Crippen LogP contribution in [0.4, 0.5) is 20.6 Å². The first kappa shape index (κ1) is 26.2. The monoisotopic (exact) mass is 513 g/mol. The minimum atomic E-state index is -0.541. The molecule has 4 aromatic rings. The molecule has 3 amide bonds. The van der Waals surface area contributed by atoms with Gasteiger partial charge in [0, 0.05) is 18.8 Å². The van der Waals surface area contributed by atoms with Crippen molar-refractivity contribution in [3.63, 3.8) is 0 Å². The van der Waals surface area contributed by atoms with E-state index in [-0.39, 0.29) is 31.1 Å². The average molecular weight is 514 g/mol. The van der Waals surface area contributed by atoms with Gasteiger partial charge in [-0.1, -0.05) is 42.5 Å². The Morgan fingerprint density at radius 3 is 2.11 bits per heavy atom. The quantitative estimate of drug-likeness (QED) is 0.272. The van der Waals surface area contributed by atoms with E-state index in [0.29, 0.717) is 22.9 Å². The molecule has 0 saturated heterocycles. The van der Waals surface area contributed by atoms with E-state index < -0.39 is 11.8 Å². The van der Waals surface area contributed by atoms with Crippen molar-refractivity contribution < 1.29 is 23.5 Å². The van der Waals surface area contributed by atoms with E-state index in [1.54, 1.807) is 55.6 Å². The lowest BCUT2D eigenvalue weighted by Crippen LogP contribution is -2.41. The van der Waals surface area contributed by atoms with Crippen LogP contribution >= 0.6 is 0 Å². The number of carbonyl (C=O) groups excluding carboxylic acids is 2. The van der Waals surface area contributed by atoms with E-state index >= 15 is 0 Å². The number of methoxy groups -OCH3 is 1. The number of nitrogens with one attached hydrogen (secondary N) is 2. The highest BCUT2D eigenvalue weighted by Crippen LogP contribution is 2.25. The molecular weight excluding hydrogens is 485 g/mol. The maximum absolute atomic E-state index is 14.2. The lowest BCUT2D eigenvalue weighted by molar-refractivity contribution is -0.120. The Morgan fingerprint density at radius 1 is 0.789 bits per heavy atom. The number of rotatable bonds is 10. The number of hydrogen-bond donors (Lipinski definition) is 2. The average Bonchev–Trinajstić information content (AvgIpc) is 2.94. The van der Waals surface area contributed by atoms with Gasteiger partial charge in [-0.15, -0.1) is 0 Å². The van der Waals surface area contributed by atoms with Gasteiger partial charge in [0.25, 0.3) is 0 Å². The summed E-state index contributed by atoms with van der Waals surface area (Å²) >= 11 is 0. The predicted octanol–water partition coefficient (Wildman–Crippen LogP) is 6.02. The highest BCUT2D eigenvalue weighted by Gasteiger charge is 2.18. The van der Waals surface area contributed by atoms with E-state index in [2.05, 4.69) is 10.6 Å². The van der Waals surface area contributed by atoms with Crippen molar-refractivity contribution in [3.05, 3.63) is 115 Å². The fourth-order valence-electron chi connectivity index (χ4n) is 3.71. The summed E-state index contributed by atoms with van der Waals surface area (Å²) < 4.78 is 25.2. The highest BCUT2D eigenvalue weighted by atomic mass is 19.1. The predicted molar refractivity (Wildman–Crippen MR) is 145 cm³/mol. The molecule has 2 N–H and O–H groups in total. The van der Waals surface area contributed by atoms with Crippen LogP contribution in [0.2, 0.25) is 0 Å². The second-order valence-electron chi connectivity index (χ2n) is 8.35. The lowest BCUT2D eigenvalue weighted by atomic mass is 10.1. The summed E-state index contributed by atoms with van der Waals surface area (Å²) in [5.74, 6) is 1.28. The minimum absolute atomic E-state index is 0.0649. The molecule has 0 spiro atoms. The number of halogens is 1. The molecule has 38 heavy (non-hydrogen) atoms. The standard InChI is InChI=1S/C30H28FN3O4/c1-37-24-15-11-22(12-16-24)21-29(35)32-19-20-34(30(36)33-28-10-6-5-9-27(28)31)23-13-17-26(18-14-23)38-25-7-3-2-4-8-25/h2-18H,19-21H2,1H3,(H,32,35)(H,33,36).